The largest absolute Gasteiger partial charge is 0.481 e. The maximum absolute atomic E-state index is 13.0. The predicted octanol–water partition coefficient (Wildman–Crippen LogP) is -2.78. The van der Waals surface area contributed by atoms with Crippen molar-refractivity contribution in [3.05, 3.63) is 35.9 Å². The monoisotopic (exact) mass is 509 g/mol. The number of carboxylic acid groups (broad SMARTS) is 2. The van der Waals surface area contributed by atoms with Crippen LogP contribution in [0.1, 0.15) is 31.2 Å². The molecule has 0 aliphatic rings. The number of benzene rings is 1. The Morgan fingerprint density at radius 3 is 1.83 bits per heavy atom. The first kappa shape index (κ1) is 30.0. The second kappa shape index (κ2) is 15.1. The lowest BCUT2D eigenvalue weighted by Crippen LogP contribution is -2.58. The molecule has 36 heavy (non-hydrogen) atoms. The molecule has 14 heteroatoms. The van der Waals surface area contributed by atoms with E-state index in [9.17, 15) is 33.9 Å². The second-order valence-electron chi connectivity index (χ2n) is 7.94. The van der Waals surface area contributed by atoms with Crippen LogP contribution in [0.4, 0.5) is 0 Å². The summed E-state index contributed by atoms with van der Waals surface area (Å²) < 4.78 is 0. The summed E-state index contributed by atoms with van der Waals surface area (Å²) in [5.41, 5.74) is 11.2. The number of carboxylic acids is 2. The number of nitrogens with one attached hydrogen (secondary N) is 3. The Hall–Kier alpha value is -4.04. The van der Waals surface area contributed by atoms with Crippen molar-refractivity contribution in [2.75, 3.05) is 6.61 Å². The predicted molar refractivity (Wildman–Crippen MR) is 124 cm³/mol. The molecular formula is C22H31N5O9. The molecule has 14 nitrogen and oxygen atoms in total. The summed E-state index contributed by atoms with van der Waals surface area (Å²) in [4.78, 5) is 71.6. The molecule has 0 heterocycles. The Labute approximate surface area is 206 Å². The maximum atomic E-state index is 13.0. The highest BCUT2D eigenvalue weighted by Crippen LogP contribution is 2.07. The van der Waals surface area contributed by atoms with Crippen LogP contribution in [0.2, 0.25) is 0 Å². The van der Waals surface area contributed by atoms with E-state index >= 15 is 0 Å². The average Bonchev–Trinajstić information content (AvgIpc) is 2.83. The van der Waals surface area contributed by atoms with Crippen molar-refractivity contribution >= 4 is 35.6 Å². The van der Waals surface area contributed by atoms with E-state index in [1.54, 1.807) is 30.3 Å². The fraction of sp³-hybridized carbons (Fsp3) is 0.455. The van der Waals surface area contributed by atoms with Crippen LogP contribution < -0.4 is 27.4 Å². The van der Waals surface area contributed by atoms with Crippen molar-refractivity contribution in [1.82, 2.24) is 16.0 Å². The van der Waals surface area contributed by atoms with Gasteiger partial charge < -0.3 is 42.7 Å². The van der Waals surface area contributed by atoms with E-state index in [0.29, 0.717) is 5.56 Å². The molecule has 0 aliphatic carbocycles. The number of nitrogens with two attached hydrogens (primary N) is 2. The zero-order valence-corrected chi connectivity index (χ0v) is 19.4. The standard InChI is InChI=1S/C22H31N5O9/c23-13(11-28)19(32)25-14(6-8-17(24)29)20(33)27-16(10-12-4-2-1-3-5-12)21(34)26-15(22(35)36)7-9-18(30)31/h1-5,13-16,28H,6-11,23H2,(H2,24,29)(H,25,32)(H,26,34)(H,27,33)(H,30,31)(H,35,36). The molecule has 0 spiro atoms. The molecule has 4 unspecified atom stereocenters. The average molecular weight is 510 g/mol. The topological polar surface area (TPSA) is 251 Å². The third-order valence-electron chi connectivity index (χ3n) is 5.02. The molecule has 0 bridgehead atoms. The Kier molecular flexibility index (Phi) is 12.5. The Balaban J connectivity index is 3.13. The number of rotatable bonds is 16. The Morgan fingerprint density at radius 2 is 1.31 bits per heavy atom. The van der Waals surface area contributed by atoms with Crippen molar-refractivity contribution in [2.24, 2.45) is 11.5 Å². The number of primary amides is 1. The van der Waals surface area contributed by atoms with Gasteiger partial charge in [-0.1, -0.05) is 30.3 Å². The van der Waals surface area contributed by atoms with Crippen LogP contribution in [0.25, 0.3) is 0 Å². The number of amides is 4. The molecule has 0 fully saturated rings. The van der Waals surface area contributed by atoms with Gasteiger partial charge in [-0.25, -0.2) is 4.79 Å². The lowest BCUT2D eigenvalue weighted by molar-refractivity contribution is -0.143. The number of aliphatic carboxylic acids is 2. The summed E-state index contributed by atoms with van der Waals surface area (Å²) in [7, 11) is 0. The molecular weight excluding hydrogens is 478 g/mol. The number of carbonyl (C=O) groups excluding carboxylic acids is 4. The van der Waals surface area contributed by atoms with E-state index in [-0.39, 0.29) is 19.3 Å². The Morgan fingerprint density at radius 1 is 0.778 bits per heavy atom. The summed E-state index contributed by atoms with van der Waals surface area (Å²) in [5, 5.41) is 34.2. The van der Waals surface area contributed by atoms with Crippen molar-refractivity contribution in [3.63, 3.8) is 0 Å². The number of aliphatic hydroxyl groups excluding tert-OH is 1. The molecule has 0 saturated heterocycles. The smallest absolute Gasteiger partial charge is 0.326 e. The van der Waals surface area contributed by atoms with Gasteiger partial charge in [0.05, 0.1) is 6.61 Å². The van der Waals surface area contributed by atoms with Gasteiger partial charge in [0.25, 0.3) is 0 Å². The van der Waals surface area contributed by atoms with Gasteiger partial charge in [0.2, 0.25) is 23.6 Å². The minimum Gasteiger partial charge on any atom is -0.481 e. The molecule has 0 aliphatic heterocycles. The van der Waals surface area contributed by atoms with Gasteiger partial charge in [0, 0.05) is 19.3 Å². The molecule has 0 aromatic heterocycles. The van der Waals surface area contributed by atoms with Gasteiger partial charge in [-0.05, 0) is 18.4 Å². The minimum atomic E-state index is -1.53. The summed E-state index contributed by atoms with van der Waals surface area (Å²) >= 11 is 0. The number of hydrogen-bond acceptors (Lipinski definition) is 8. The van der Waals surface area contributed by atoms with Gasteiger partial charge >= 0.3 is 11.9 Å². The summed E-state index contributed by atoms with van der Waals surface area (Å²) in [6, 6.07) is 2.87. The van der Waals surface area contributed by atoms with Crippen LogP contribution in [0.15, 0.2) is 30.3 Å². The van der Waals surface area contributed by atoms with E-state index in [0.717, 1.165) is 0 Å². The normalized spacial score (nSPS) is 13.9. The first-order chi connectivity index (χ1) is 16.9. The minimum absolute atomic E-state index is 0.0731. The van der Waals surface area contributed by atoms with Crippen molar-refractivity contribution in [2.45, 2.75) is 56.3 Å². The first-order valence-electron chi connectivity index (χ1n) is 11.0. The third-order valence-corrected chi connectivity index (χ3v) is 5.02. The van der Waals surface area contributed by atoms with Crippen molar-refractivity contribution < 1.29 is 44.1 Å². The SMILES string of the molecule is NC(=O)CCC(NC(=O)C(N)CO)C(=O)NC(Cc1ccccc1)C(=O)NC(CCC(=O)O)C(=O)O. The van der Waals surface area contributed by atoms with E-state index in [1.807, 2.05) is 0 Å². The lowest BCUT2D eigenvalue weighted by atomic mass is 10.0. The summed E-state index contributed by atoms with van der Waals surface area (Å²) in [6.45, 7) is -0.706. The highest BCUT2D eigenvalue weighted by molar-refractivity contribution is 5.94. The third kappa shape index (κ3) is 10.9. The molecule has 0 saturated carbocycles. The maximum Gasteiger partial charge on any atom is 0.326 e. The molecule has 1 rings (SSSR count). The molecule has 198 valence electrons. The molecule has 0 radical (unpaired) electrons. The van der Waals surface area contributed by atoms with Crippen LogP contribution in [0, 0.1) is 0 Å². The summed E-state index contributed by atoms with van der Waals surface area (Å²) in [5.74, 6) is -6.14. The number of aliphatic hydroxyl groups is 1. The van der Waals surface area contributed by atoms with Crippen molar-refractivity contribution in [1.29, 1.82) is 0 Å². The highest BCUT2D eigenvalue weighted by atomic mass is 16.4. The molecule has 10 N–H and O–H groups in total. The van der Waals surface area contributed by atoms with Crippen LogP contribution in [0.3, 0.4) is 0 Å². The fourth-order valence-electron chi connectivity index (χ4n) is 3.05. The van der Waals surface area contributed by atoms with Gasteiger partial charge in [0.1, 0.15) is 24.2 Å². The quantitative estimate of drug-likeness (QED) is 0.114. The van der Waals surface area contributed by atoms with Gasteiger partial charge in [-0.15, -0.1) is 0 Å². The van der Waals surface area contributed by atoms with Gasteiger partial charge in [-0.3, -0.25) is 24.0 Å². The molecule has 1 aromatic rings. The molecule has 1 aromatic carbocycles. The van der Waals surface area contributed by atoms with Crippen molar-refractivity contribution in [3.8, 4) is 0 Å². The van der Waals surface area contributed by atoms with E-state index in [2.05, 4.69) is 16.0 Å². The number of carbonyl (C=O) groups is 6. The van der Waals surface area contributed by atoms with Crippen LogP contribution in [0.5, 0.6) is 0 Å². The second-order valence-corrected chi connectivity index (χ2v) is 7.94. The molecule has 4 atom stereocenters. The first-order valence-corrected chi connectivity index (χ1v) is 11.0. The van der Waals surface area contributed by atoms with Crippen LogP contribution in [-0.2, 0) is 35.2 Å². The van der Waals surface area contributed by atoms with E-state index in [4.69, 9.17) is 21.7 Å². The van der Waals surface area contributed by atoms with Crippen LogP contribution in [-0.4, -0.2) is 81.7 Å². The summed E-state index contributed by atoms with van der Waals surface area (Å²) in [6.07, 6.45) is -1.51. The number of hydrogen-bond donors (Lipinski definition) is 8. The van der Waals surface area contributed by atoms with Gasteiger partial charge in [0.15, 0.2) is 0 Å². The zero-order chi connectivity index (χ0) is 27.3. The zero-order valence-electron chi connectivity index (χ0n) is 19.4. The molecule has 4 amide bonds. The van der Waals surface area contributed by atoms with E-state index < -0.39 is 79.2 Å². The lowest BCUT2D eigenvalue weighted by Gasteiger charge is -2.25. The highest BCUT2D eigenvalue weighted by Gasteiger charge is 2.30. The van der Waals surface area contributed by atoms with Crippen LogP contribution >= 0.6 is 0 Å². The Bertz CT molecular complexity index is 941. The van der Waals surface area contributed by atoms with Gasteiger partial charge in [-0.2, -0.15) is 0 Å². The fourth-order valence-corrected chi connectivity index (χ4v) is 3.05. The van der Waals surface area contributed by atoms with E-state index in [1.165, 1.54) is 0 Å².